The third kappa shape index (κ3) is 5.96. The van der Waals surface area contributed by atoms with E-state index in [1.807, 2.05) is 36.4 Å². The molecule has 0 amide bonds. The molecule has 0 unspecified atom stereocenters. The Morgan fingerprint density at radius 1 is 0.964 bits per heavy atom. The topological polar surface area (TPSA) is 37.4 Å². The van der Waals surface area contributed by atoms with Crippen LogP contribution in [0.1, 0.15) is 46.4 Å². The number of benzene rings is 2. The summed E-state index contributed by atoms with van der Waals surface area (Å²) >= 11 is 0. The summed E-state index contributed by atoms with van der Waals surface area (Å²) in [6.45, 7) is 2.87. The lowest BCUT2D eigenvalue weighted by atomic mass is 9.95. The maximum Gasteiger partial charge on any atom is 0.185 e. The van der Waals surface area contributed by atoms with Gasteiger partial charge in [-0.3, -0.25) is 9.59 Å². The fourth-order valence-electron chi connectivity index (χ4n) is 3.53. The molecule has 0 aliphatic carbocycles. The van der Waals surface area contributed by atoms with E-state index in [0.717, 1.165) is 44.5 Å². The highest BCUT2D eigenvalue weighted by Crippen LogP contribution is 2.19. The Balaban J connectivity index is 1.36. The summed E-state index contributed by atoms with van der Waals surface area (Å²) < 4.78 is 12.9. The second kappa shape index (κ2) is 10.1. The van der Waals surface area contributed by atoms with Crippen molar-refractivity contribution >= 4 is 11.6 Å². The lowest BCUT2D eigenvalue weighted by Gasteiger charge is -2.30. The number of rotatable bonds is 8. The minimum atomic E-state index is -0.320. The first-order valence-corrected chi connectivity index (χ1v) is 9.90. The van der Waals surface area contributed by atoms with Crippen LogP contribution in [0.3, 0.4) is 0 Å². The Bertz CT molecular complexity index is 806. The fourth-order valence-corrected chi connectivity index (χ4v) is 3.53. The van der Waals surface area contributed by atoms with E-state index in [1.54, 1.807) is 18.2 Å². The summed E-state index contributed by atoms with van der Waals surface area (Å²) in [4.78, 5) is 26.7. The molecule has 28 heavy (non-hydrogen) atoms. The number of allylic oxidation sites excluding steroid dienone is 2. The second-order valence-electron chi connectivity index (χ2n) is 7.30. The van der Waals surface area contributed by atoms with Gasteiger partial charge in [0, 0.05) is 17.5 Å². The molecule has 3 nitrogen and oxygen atoms in total. The first-order chi connectivity index (χ1) is 13.6. The van der Waals surface area contributed by atoms with Crippen LogP contribution in [0.25, 0.3) is 0 Å². The van der Waals surface area contributed by atoms with Crippen molar-refractivity contribution in [2.24, 2.45) is 5.92 Å². The molecule has 1 aliphatic heterocycles. The van der Waals surface area contributed by atoms with Crippen molar-refractivity contribution in [3.8, 4) is 0 Å². The smallest absolute Gasteiger partial charge is 0.185 e. The molecule has 1 saturated heterocycles. The molecule has 2 aromatic rings. The molecule has 1 fully saturated rings. The number of halogens is 1. The summed E-state index contributed by atoms with van der Waals surface area (Å²) in [6.07, 6.45) is 7.11. The van der Waals surface area contributed by atoms with Gasteiger partial charge in [0.25, 0.3) is 0 Å². The standard InChI is InChI=1S/C24H26FNO2/c25-22-11-9-21(10-12-22)23(27)7-4-16-26-17-14-19(15-18-26)8-13-24(28)20-5-2-1-3-6-20/h1-3,5-6,8-13,19H,4,7,14-18H2/b13-8+. The third-order valence-corrected chi connectivity index (χ3v) is 5.25. The number of hydrogen-bond donors (Lipinski definition) is 0. The monoisotopic (exact) mass is 379 g/mol. The van der Waals surface area contributed by atoms with Gasteiger partial charge in [0.05, 0.1) is 0 Å². The van der Waals surface area contributed by atoms with Crippen LogP contribution in [-0.2, 0) is 0 Å². The molecule has 0 bridgehead atoms. The second-order valence-corrected chi connectivity index (χ2v) is 7.30. The number of nitrogens with zero attached hydrogens (tertiary/aromatic N) is 1. The van der Waals surface area contributed by atoms with Crippen molar-refractivity contribution in [1.29, 1.82) is 0 Å². The summed E-state index contributed by atoms with van der Waals surface area (Å²) in [6, 6.07) is 15.1. The van der Waals surface area contributed by atoms with Crippen molar-refractivity contribution in [2.75, 3.05) is 19.6 Å². The van der Waals surface area contributed by atoms with Gasteiger partial charge in [-0.25, -0.2) is 4.39 Å². The van der Waals surface area contributed by atoms with Crippen LogP contribution in [0, 0.1) is 11.7 Å². The van der Waals surface area contributed by atoms with Crippen LogP contribution in [-0.4, -0.2) is 36.1 Å². The van der Waals surface area contributed by atoms with Crippen molar-refractivity contribution in [3.05, 3.63) is 83.7 Å². The number of Topliss-reactive ketones (excluding diaryl/α,β-unsaturated/α-hetero) is 1. The molecule has 146 valence electrons. The highest BCUT2D eigenvalue weighted by Gasteiger charge is 2.17. The molecule has 0 spiro atoms. The molecule has 2 aromatic carbocycles. The SMILES string of the molecule is O=C(/C=C/C1CCN(CCCC(=O)c2ccc(F)cc2)CC1)c1ccccc1. The van der Waals surface area contributed by atoms with Crippen molar-refractivity contribution < 1.29 is 14.0 Å². The van der Waals surface area contributed by atoms with Crippen LogP contribution < -0.4 is 0 Å². The van der Waals surface area contributed by atoms with Gasteiger partial charge < -0.3 is 4.90 Å². The third-order valence-electron chi connectivity index (χ3n) is 5.25. The van der Waals surface area contributed by atoms with Crippen LogP contribution in [0.2, 0.25) is 0 Å². The number of carbonyl (C=O) groups excluding carboxylic acids is 2. The van der Waals surface area contributed by atoms with Gasteiger partial charge >= 0.3 is 0 Å². The Kier molecular flexibility index (Phi) is 7.26. The minimum Gasteiger partial charge on any atom is -0.303 e. The van der Waals surface area contributed by atoms with E-state index >= 15 is 0 Å². The highest BCUT2D eigenvalue weighted by atomic mass is 19.1. The zero-order valence-corrected chi connectivity index (χ0v) is 16.0. The van der Waals surface area contributed by atoms with E-state index in [0.29, 0.717) is 17.9 Å². The average molecular weight is 379 g/mol. The number of carbonyl (C=O) groups is 2. The van der Waals surface area contributed by atoms with Gasteiger partial charge in [0.15, 0.2) is 11.6 Å². The zero-order chi connectivity index (χ0) is 19.8. The quantitative estimate of drug-likeness (QED) is 0.482. The van der Waals surface area contributed by atoms with Gasteiger partial charge in [0.2, 0.25) is 0 Å². The number of ketones is 2. The Morgan fingerprint density at radius 2 is 1.64 bits per heavy atom. The van der Waals surface area contributed by atoms with Crippen molar-refractivity contribution in [1.82, 2.24) is 4.90 Å². The lowest BCUT2D eigenvalue weighted by Crippen LogP contribution is -2.34. The summed E-state index contributed by atoms with van der Waals surface area (Å²) in [5.41, 5.74) is 1.30. The molecule has 1 aliphatic rings. The van der Waals surface area contributed by atoms with E-state index in [2.05, 4.69) is 4.90 Å². The van der Waals surface area contributed by atoms with Crippen molar-refractivity contribution in [2.45, 2.75) is 25.7 Å². The van der Waals surface area contributed by atoms with Crippen LogP contribution in [0.5, 0.6) is 0 Å². The molecule has 0 N–H and O–H groups in total. The normalized spacial score (nSPS) is 15.8. The highest BCUT2D eigenvalue weighted by molar-refractivity contribution is 6.04. The number of piperidine rings is 1. The molecule has 3 rings (SSSR count). The van der Waals surface area contributed by atoms with E-state index in [9.17, 15) is 14.0 Å². The molecule has 0 radical (unpaired) electrons. The predicted octanol–water partition coefficient (Wildman–Crippen LogP) is 4.94. The summed E-state index contributed by atoms with van der Waals surface area (Å²) in [5, 5.41) is 0. The zero-order valence-electron chi connectivity index (χ0n) is 16.0. The van der Waals surface area contributed by atoms with Crippen LogP contribution in [0.4, 0.5) is 4.39 Å². The number of hydrogen-bond acceptors (Lipinski definition) is 3. The molecule has 4 heteroatoms. The van der Waals surface area contributed by atoms with Gasteiger partial charge in [-0.15, -0.1) is 0 Å². The van der Waals surface area contributed by atoms with Crippen LogP contribution >= 0.6 is 0 Å². The maximum absolute atomic E-state index is 12.9. The molecule has 0 aromatic heterocycles. The first kappa shape index (κ1) is 20.2. The van der Waals surface area contributed by atoms with Gasteiger partial charge in [0.1, 0.15) is 5.82 Å². The van der Waals surface area contributed by atoms with Crippen LogP contribution in [0.15, 0.2) is 66.7 Å². The molecule has 0 saturated carbocycles. The van der Waals surface area contributed by atoms with Gasteiger partial charge in [-0.05, 0) is 75.2 Å². The first-order valence-electron chi connectivity index (χ1n) is 9.90. The van der Waals surface area contributed by atoms with E-state index in [1.165, 1.54) is 12.1 Å². The van der Waals surface area contributed by atoms with E-state index in [4.69, 9.17) is 0 Å². The summed E-state index contributed by atoms with van der Waals surface area (Å²) in [7, 11) is 0. The van der Waals surface area contributed by atoms with Crippen molar-refractivity contribution in [3.63, 3.8) is 0 Å². The molecule has 0 atom stereocenters. The van der Waals surface area contributed by atoms with E-state index < -0.39 is 0 Å². The largest absolute Gasteiger partial charge is 0.303 e. The van der Waals surface area contributed by atoms with Gasteiger partial charge in [-0.1, -0.05) is 36.4 Å². The Labute approximate surface area is 165 Å². The molecular weight excluding hydrogens is 353 g/mol. The fraction of sp³-hybridized carbons (Fsp3) is 0.333. The average Bonchev–Trinajstić information content (AvgIpc) is 2.74. The van der Waals surface area contributed by atoms with Gasteiger partial charge in [-0.2, -0.15) is 0 Å². The molecule has 1 heterocycles. The maximum atomic E-state index is 12.9. The Hall–Kier alpha value is -2.59. The van der Waals surface area contributed by atoms with E-state index in [-0.39, 0.29) is 17.4 Å². The Morgan fingerprint density at radius 3 is 2.32 bits per heavy atom. The lowest BCUT2D eigenvalue weighted by molar-refractivity contribution is 0.0971. The molecular formula is C24H26FNO2. The minimum absolute atomic E-state index is 0.0577. The predicted molar refractivity (Wildman–Crippen MR) is 109 cm³/mol. The summed E-state index contributed by atoms with van der Waals surface area (Å²) in [5.74, 6) is 0.239. The number of likely N-dealkylation sites (tertiary alicyclic amines) is 1.